The van der Waals surface area contributed by atoms with Crippen LogP contribution < -0.4 is 15.8 Å². The maximum Gasteiger partial charge on any atom is 0.166 e. The number of aromatic nitrogens is 4. The second-order valence-electron chi connectivity index (χ2n) is 9.20. The number of benzene rings is 3. The lowest BCUT2D eigenvalue weighted by atomic mass is 9.95. The number of hydrogen-bond donors (Lipinski definition) is 2. The molecule has 1 aliphatic carbocycles. The van der Waals surface area contributed by atoms with Crippen molar-refractivity contribution in [3.05, 3.63) is 85.2 Å². The second kappa shape index (κ2) is 9.70. The molecule has 6 rings (SSSR count). The summed E-state index contributed by atoms with van der Waals surface area (Å²) in [7, 11) is 0. The SMILES string of the molecule is Nc1cccc(-c2nc(Nc3ccc(Oc4ccccc4)cc3)c3ncn(C4CCCCC4)c3n2)c1. The minimum absolute atomic E-state index is 0.412. The number of imidazole rings is 1. The lowest BCUT2D eigenvalue weighted by Crippen LogP contribution is -2.12. The fourth-order valence-corrected chi connectivity index (χ4v) is 4.80. The van der Waals surface area contributed by atoms with E-state index in [4.69, 9.17) is 25.4 Å². The van der Waals surface area contributed by atoms with Crippen molar-refractivity contribution in [3.8, 4) is 22.9 Å². The summed E-state index contributed by atoms with van der Waals surface area (Å²) in [6.45, 7) is 0. The van der Waals surface area contributed by atoms with Gasteiger partial charge in [0.25, 0.3) is 0 Å². The monoisotopic (exact) mass is 476 g/mol. The van der Waals surface area contributed by atoms with E-state index in [1.54, 1.807) is 0 Å². The van der Waals surface area contributed by atoms with Gasteiger partial charge in [0.15, 0.2) is 22.8 Å². The third kappa shape index (κ3) is 4.60. The van der Waals surface area contributed by atoms with E-state index in [0.29, 0.717) is 23.4 Å². The summed E-state index contributed by atoms with van der Waals surface area (Å²) in [6.07, 6.45) is 7.98. The number of nitrogen functional groups attached to an aromatic ring is 1. The Labute approximate surface area is 210 Å². The predicted molar refractivity (Wildman–Crippen MR) is 144 cm³/mol. The molecule has 3 aromatic carbocycles. The zero-order valence-electron chi connectivity index (χ0n) is 20.0. The molecule has 1 fully saturated rings. The van der Waals surface area contributed by atoms with Gasteiger partial charge in [0.1, 0.15) is 11.5 Å². The highest BCUT2D eigenvalue weighted by Gasteiger charge is 2.21. The first-order valence-corrected chi connectivity index (χ1v) is 12.4. The summed E-state index contributed by atoms with van der Waals surface area (Å²) < 4.78 is 8.16. The van der Waals surface area contributed by atoms with Crippen molar-refractivity contribution in [2.45, 2.75) is 38.1 Å². The maximum absolute atomic E-state index is 6.07. The van der Waals surface area contributed by atoms with Crippen LogP contribution in [0.4, 0.5) is 17.2 Å². The molecular weight excluding hydrogens is 448 g/mol. The Morgan fingerprint density at radius 1 is 0.833 bits per heavy atom. The fraction of sp³-hybridized carbons (Fsp3) is 0.207. The van der Waals surface area contributed by atoms with Gasteiger partial charge < -0.3 is 20.4 Å². The van der Waals surface area contributed by atoms with Gasteiger partial charge in [-0.3, -0.25) is 0 Å². The second-order valence-corrected chi connectivity index (χ2v) is 9.20. The highest BCUT2D eigenvalue weighted by molar-refractivity contribution is 5.87. The van der Waals surface area contributed by atoms with E-state index >= 15 is 0 Å². The molecule has 2 heterocycles. The molecule has 0 amide bonds. The van der Waals surface area contributed by atoms with Crippen LogP contribution in [0.15, 0.2) is 85.2 Å². The molecule has 7 heteroatoms. The molecular formula is C29H28N6O. The quantitative estimate of drug-likeness (QED) is 0.254. The van der Waals surface area contributed by atoms with Crippen LogP contribution in [0.5, 0.6) is 11.5 Å². The summed E-state index contributed by atoms with van der Waals surface area (Å²) in [6, 6.07) is 25.7. The fourth-order valence-electron chi connectivity index (χ4n) is 4.80. The highest BCUT2D eigenvalue weighted by Crippen LogP contribution is 2.34. The first kappa shape index (κ1) is 22.1. The standard InChI is InChI=1S/C29H28N6O/c30-21-9-7-8-20(18-21)27-33-28(26-29(34-27)35(19-31-26)23-10-3-1-4-11-23)32-22-14-16-25(17-15-22)36-24-12-5-2-6-13-24/h2,5-9,12-19,23H,1,3-4,10-11,30H2,(H,32,33,34). The lowest BCUT2D eigenvalue weighted by molar-refractivity contribution is 0.358. The molecule has 3 N–H and O–H groups in total. The van der Waals surface area contributed by atoms with E-state index in [0.717, 1.165) is 46.8 Å². The molecule has 0 saturated heterocycles. The zero-order chi connectivity index (χ0) is 24.3. The van der Waals surface area contributed by atoms with Crippen LogP contribution in [0.3, 0.4) is 0 Å². The number of rotatable bonds is 6. The summed E-state index contributed by atoms with van der Waals surface area (Å²) in [5.41, 5.74) is 10.1. The van der Waals surface area contributed by atoms with Crippen molar-refractivity contribution in [1.82, 2.24) is 19.5 Å². The van der Waals surface area contributed by atoms with Crippen molar-refractivity contribution < 1.29 is 4.74 Å². The van der Waals surface area contributed by atoms with Gasteiger partial charge in [0.05, 0.1) is 6.33 Å². The molecule has 2 aromatic heterocycles. The Morgan fingerprint density at radius 3 is 2.39 bits per heavy atom. The molecule has 0 unspecified atom stereocenters. The van der Waals surface area contributed by atoms with Gasteiger partial charge in [-0.05, 0) is 61.4 Å². The van der Waals surface area contributed by atoms with Gasteiger partial charge in [0, 0.05) is 23.0 Å². The molecule has 0 spiro atoms. The van der Waals surface area contributed by atoms with E-state index in [9.17, 15) is 0 Å². The molecule has 0 radical (unpaired) electrons. The minimum atomic E-state index is 0.412. The van der Waals surface area contributed by atoms with Crippen molar-refractivity contribution in [1.29, 1.82) is 0 Å². The Hall–Kier alpha value is -4.39. The number of anilines is 3. The summed E-state index contributed by atoms with van der Waals surface area (Å²) in [5, 5.41) is 3.47. The first-order chi connectivity index (χ1) is 17.7. The van der Waals surface area contributed by atoms with Crippen LogP contribution >= 0.6 is 0 Å². The molecule has 1 saturated carbocycles. The Bertz CT molecular complexity index is 1470. The largest absolute Gasteiger partial charge is 0.457 e. The number of para-hydroxylation sites is 1. The van der Waals surface area contributed by atoms with Gasteiger partial charge in [-0.1, -0.05) is 49.6 Å². The topological polar surface area (TPSA) is 90.9 Å². The van der Waals surface area contributed by atoms with Gasteiger partial charge >= 0.3 is 0 Å². The molecule has 36 heavy (non-hydrogen) atoms. The Balaban J connectivity index is 1.36. The van der Waals surface area contributed by atoms with Crippen molar-refractivity contribution in [2.75, 3.05) is 11.1 Å². The summed E-state index contributed by atoms with van der Waals surface area (Å²) in [5.74, 6) is 2.86. The van der Waals surface area contributed by atoms with Crippen LogP contribution in [0.2, 0.25) is 0 Å². The van der Waals surface area contributed by atoms with Crippen LogP contribution in [0.25, 0.3) is 22.6 Å². The molecule has 180 valence electrons. The van der Waals surface area contributed by atoms with Crippen LogP contribution in [0.1, 0.15) is 38.1 Å². The molecule has 0 aliphatic heterocycles. The molecule has 7 nitrogen and oxygen atoms in total. The van der Waals surface area contributed by atoms with Gasteiger partial charge in [-0.25, -0.2) is 15.0 Å². The number of hydrogen-bond acceptors (Lipinski definition) is 6. The molecule has 5 aromatic rings. The number of nitrogens with two attached hydrogens (primary N) is 1. The van der Waals surface area contributed by atoms with Gasteiger partial charge in [-0.15, -0.1) is 0 Å². The smallest absolute Gasteiger partial charge is 0.166 e. The third-order valence-electron chi connectivity index (χ3n) is 6.63. The van der Waals surface area contributed by atoms with E-state index in [1.807, 2.05) is 85.2 Å². The lowest BCUT2D eigenvalue weighted by Gasteiger charge is -2.23. The van der Waals surface area contributed by atoms with Gasteiger partial charge in [0.2, 0.25) is 0 Å². The van der Waals surface area contributed by atoms with E-state index < -0.39 is 0 Å². The van der Waals surface area contributed by atoms with Crippen LogP contribution in [-0.4, -0.2) is 19.5 Å². The van der Waals surface area contributed by atoms with Crippen LogP contribution in [0, 0.1) is 0 Å². The first-order valence-electron chi connectivity index (χ1n) is 12.4. The normalized spacial score (nSPS) is 14.1. The minimum Gasteiger partial charge on any atom is -0.457 e. The highest BCUT2D eigenvalue weighted by atomic mass is 16.5. The molecule has 0 atom stereocenters. The summed E-state index contributed by atoms with van der Waals surface area (Å²) in [4.78, 5) is 14.6. The van der Waals surface area contributed by atoms with Crippen molar-refractivity contribution >= 4 is 28.4 Å². The number of ether oxygens (including phenoxy) is 1. The van der Waals surface area contributed by atoms with E-state index in [-0.39, 0.29) is 0 Å². The zero-order valence-corrected chi connectivity index (χ0v) is 20.0. The van der Waals surface area contributed by atoms with Crippen molar-refractivity contribution in [3.63, 3.8) is 0 Å². The Kier molecular flexibility index (Phi) is 5.95. The van der Waals surface area contributed by atoms with E-state index in [2.05, 4.69) is 9.88 Å². The summed E-state index contributed by atoms with van der Waals surface area (Å²) >= 11 is 0. The maximum atomic E-state index is 6.07. The molecule has 0 bridgehead atoms. The van der Waals surface area contributed by atoms with Crippen LogP contribution in [-0.2, 0) is 0 Å². The number of nitrogens with zero attached hydrogens (tertiary/aromatic N) is 4. The molecule has 1 aliphatic rings. The van der Waals surface area contributed by atoms with Gasteiger partial charge in [-0.2, -0.15) is 0 Å². The number of nitrogens with one attached hydrogen (secondary N) is 1. The average molecular weight is 477 g/mol. The predicted octanol–water partition coefficient (Wildman–Crippen LogP) is 7.12. The van der Waals surface area contributed by atoms with Crippen molar-refractivity contribution in [2.24, 2.45) is 0 Å². The average Bonchev–Trinajstić information content (AvgIpc) is 3.35. The third-order valence-corrected chi connectivity index (χ3v) is 6.63. The van der Waals surface area contributed by atoms with E-state index in [1.165, 1.54) is 19.3 Å². The Morgan fingerprint density at radius 2 is 1.61 bits per heavy atom. The number of fused-ring (bicyclic) bond motifs is 1.